The lowest BCUT2D eigenvalue weighted by Crippen LogP contribution is -2.14. The van der Waals surface area contributed by atoms with Crippen LogP contribution in [0.1, 0.15) is 26.3 Å². The summed E-state index contributed by atoms with van der Waals surface area (Å²) in [6.45, 7) is -0.352. The van der Waals surface area contributed by atoms with E-state index < -0.39 is 11.9 Å². The number of aliphatic hydroxyl groups excluding tert-OH is 1. The molecule has 0 saturated heterocycles. The lowest BCUT2D eigenvalue weighted by Gasteiger charge is -2.09. The highest BCUT2D eigenvalue weighted by Crippen LogP contribution is 2.17. The van der Waals surface area contributed by atoms with E-state index >= 15 is 0 Å². The van der Waals surface area contributed by atoms with Crippen LogP contribution in [0.2, 0.25) is 0 Å². The molecule has 0 spiro atoms. The van der Waals surface area contributed by atoms with Crippen LogP contribution in [-0.2, 0) is 16.1 Å². The standard InChI is InChI=1S/C11H12O5/c1-15-10(13)8-5-3-4-7(6-12)9(8)11(14)16-2/h3-5,12H,6H2,1-2H3. The molecular weight excluding hydrogens is 212 g/mol. The summed E-state index contributed by atoms with van der Waals surface area (Å²) < 4.78 is 9.10. The first kappa shape index (κ1) is 12.2. The van der Waals surface area contributed by atoms with E-state index in [1.54, 1.807) is 12.1 Å². The predicted molar refractivity (Wildman–Crippen MR) is 55.0 cm³/mol. The van der Waals surface area contributed by atoms with Crippen molar-refractivity contribution >= 4 is 11.9 Å². The Morgan fingerprint density at radius 3 is 2.31 bits per heavy atom. The number of rotatable bonds is 3. The molecule has 0 aliphatic heterocycles. The minimum atomic E-state index is -0.676. The van der Waals surface area contributed by atoms with Crippen LogP contribution < -0.4 is 0 Å². The van der Waals surface area contributed by atoms with Crippen molar-refractivity contribution in [3.8, 4) is 0 Å². The van der Waals surface area contributed by atoms with Crippen LogP contribution >= 0.6 is 0 Å². The zero-order valence-electron chi connectivity index (χ0n) is 9.02. The lowest BCUT2D eigenvalue weighted by molar-refractivity contribution is 0.0552. The number of benzene rings is 1. The van der Waals surface area contributed by atoms with Crippen molar-refractivity contribution in [1.29, 1.82) is 0 Å². The smallest absolute Gasteiger partial charge is 0.339 e. The fourth-order valence-corrected chi connectivity index (χ4v) is 1.36. The minimum absolute atomic E-state index is 0.0411. The molecule has 0 radical (unpaired) electrons. The summed E-state index contributed by atoms with van der Waals surface area (Å²) in [4.78, 5) is 22.9. The largest absolute Gasteiger partial charge is 0.465 e. The molecule has 0 atom stereocenters. The number of esters is 2. The Labute approximate surface area is 92.6 Å². The quantitative estimate of drug-likeness (QED) is 0.767. The topological polar surface area (TPSA) is 72.8 Å². The van der Waals surface area contributed by atoms with Gasteiger partial charge in [-0.3, -0.25) is 0 Å². The first-order chi connectivity index (χ1) is 7.65. The SMILES string of the molecule is COC(=O)c1cccc(CO)c1C(=O)OC. The number of ether oxygens (including phenoxy) is 2. The molecule has 0 heterocycles. The van der Waals surface area contributed by atoms with Gasteiger partial charge in [-0.05, 0) is 11.6 Å². The van der Waals surface area contributed by atoms with E-state index in [-0.39, 0.29) is 17.7 Å². The van der Waals surface area contributed by atoms with E-state index in [0.29, 0.717) is 5.56 Å². The van der Waals surface area contributed by atoms with E-state index in [2.05, 4.69) is 9.47 Å². The van der Waals surface area contributed by atoms with Gasteiger partial charge in [0.15, 0.2) is 0 Å². The molecule has 0 bridgehead atoms. The van der Waals surface area contributed by atoms with Gasteiger partial charge in [-0.15, -0.1) is 0 Å². The molecule has 0 unspecified atom stereocenters. The molecule has 1 aromatic rings. The molecule has 0 aromatic heterocycles. The zero-order valence-corrected chi connectivity index (χ0v) is 9.02. The Kier molecular flexibility index (Phi) is 4.02. The number of aliphatic hydroxyl groups is 1. The van der Waals surface area contributed by atoms with Gasteiger partial charge in [-0.25, -0.2) is 9.59 Å². The van der Waals surface area contributed by atoms with Crippen molar-refractivity contribution < 1.29 is 24.2 Å². The van der Waals surface area contributed by atoms with Crippen LogP contribution in [0, 0.1) is 0 Å². The van der Waals surface area contributed by atoms with Gasteiger partial charge in [0.1, 0.15) is 0 Å². The number of hydrogen-bond donors (Lipinski definition) is 1. The average Bonchev–Trinajstić information content (AvgIpc) is 2.35. The molecule has 86 valence electrons. The normalized spacial score (nSPS) is 9.69. The number of carbonyl (C=O) groups is 2. The molecule has 0 aliphatic rings. The Hall–Kier alpha value is -1.88. The molecule has 5 heteroatoms. The number of hydrogen-bond acceptors (Lipinski definition) is 5. The van der Waals surface area contributed by atoms with Gasteiger partial charge >= 0.3 is 11.9 Å². The van der Waals surface area contributed by atoms with Gasteiger partial charge in [0.2, 0.25) is 0 Å². The van der Waals surface area contributed by atoms with E-state index in [4.69, 9.17) is 5.11 Å². The first-order valence-electron chi connectivity index (χ1n) is 4.55. The predicted octanol–water partition coefficient (Wildman–Crippen LogP) is 0.752. The maximum absolute atomic E-state index is 11.5. The van der Waals surface area contributed by atoms with E-state index in [1.807, 2.05) is 0 Å². The molecule has 0 amide bonds. The van der Waals surface area contributed by atoms with E-state index in [9.17, 15) is 9.59 Å². The van der Waals surface area contributed by atoms with Gasteiger partial charge in [0.25, 0.3) is 0 Å². The highest BCUT2D eigenvalue weighted by atomic mass is 16.5. The average molecular weight is 224 g/mol. The Balaban J connectivity index is 3.37. The van der Waals surface area contributed by atoms with E-state index in [0.717, 1.165) is 0 Å². The number of methoxy groups -OCH3 is 2. The fraction of sp³-hybridized carbons (Fsp3) is 0.273. The van der Waals surface area contributed by atoms with Crippen molar-refractivity contribution in [2.45, 2.75) is 6.61 Å². The molecule has 1 N–H and O–H groups in total. The molecule has 1 aromatic carbocycles. The molecule has 0 saturated carbocycles. The van der Waals surface area contributed by atoms with Gasteiger partial charge in [-0.2, -0.15) is 0 Å². The second kappa shape index (κ2) is 5.27. The lowest BCUT2D eigenvalue weighted by atomic mass is 10.0. The minimum Gasteiger partial charge on any atom is -0.465 e. The van der Waals surface area contributed by atoms with E-state index in [1.165, 1.54) is 20.3 Å². The molecule has 5 nitrogen and oxygen atoms in total. The van der Waals surface area contributed by atoms with Crippen LogP contribution in [0.3, 0.4) is 0 Å². The molecule has 1 rings (SSSR count). The molecule has 0 aliphatic carbocycles. The third kappa shape index (κ3) is 2.20. The molecule has 16 heavy (non-hydrogen) atoms. The van der Waals surface area contributed by atoms with Crippen molar-refractivity contribution in [1.82, 2.24) is 0 Å². The highest BCUT2D eigenvalue weighted by molar-refractivity contribution is 6.04. The van der Waals surface area contributed by atoms with Gasteiger partial charge in [0, 0.05) is 0 Å². The van der Waals surface area contributed by atoms with Crippen LogP contribution in [0.25, 0.3) is 0 Å². The summed E-state index contributed by atoms with van der Waals surface area (Å²) in [6, 6.07) is 4.54. The summed E-state index contributed by atoms with van der Waals surface area (Å²) in [6.07, 6.45) is 0. The van der Waals surface area contributed by atoms with Crippen LogP contribution in [-0.4, -0.2) is 31.3 Å². The first-order valence-corrected chi connectivity index (χ1v) is 4.55. The summed E-state index contributed by atoms with van der Waals surface area (Å²) in [5.41, 5.74) is 0.454. The molecule has 0 fully saturated rings. The summed E-state index contributed by atoms with van der Waals surface area (Å²) >= 11 is 0. The Morgan fingerprint density at radius 2 is 1.81 bits per heavy atom. The monoisotopic (exact) mass is 224 g/mol. The van der Waals surface area contributed by atoms with Crippen molar-refractivity contribution in [2.75, 3.05) is 14.2 Å². The van der Waals surface area contributed by atoms with Gasteiger partial charge < -0.3 is 14.6 Å². The summed E-state index contributed by atoms with van der Waals surface area (Å²) in [5, 5.41) is 9.08. The second-order valence-corrected chi connectivity index (χ2v) is 2.98. The zero-order chi connectivity index (χ0) is 12.1. The van der Waals surface area contributed by atoms with Crippen molar-refractivity contribution in [3.05, 3.63) is 34.9 Å². The molecular formula is C11H12O5. The van der Waals surface area contributed by atoms with Gasteiger partial charge in [-0.1, -0.05) is 12.1 Å². The summed E-state index contributed by atoms with van der Waals surface area (Å²) in [5.74, 6) is -1.32. The maximum atomic E-state index is 11.5. The van der Waals surface area contributed by atoms with Crippen LogP contribution in [0.5, 0.6) is 0 Å². The van der Waals surface area contributed by atoms with Crippen molar-refractivity contribution in [2.24, 2.45) is 0 Å². The Morgan fingerprint density at radius 1 is 1.19 bits per heavy atom. The second-order valence-electron chi connectivity index (χ2n) is 2.98. The van der Waals surface area contributed by atoms with Gasteiger partial charge in [0.05, 0.1) is 32.0 Å². The third-order valence-electron chi connectivity index (χ3n) is 2.12. The van der Waals surface area contributed by atoms with Crippen molar-refractivity contribution in [3.63, 3.8) is 0 Å². The third-order valence-corrected chi connectivity index (χ3v) is 2.12. The van der Waals surface area contributed by atoms with Crippen LogP contribution in [0.4, 0.5) is 0 Å². The number of carbonyl (C=O) groups excluding carboxylic acids is 2. The maximum Gasteiger partial charge on any atom is 0.339 e. The fourth-order valence-electron chi connectivity index (χ4n) is 1.36. The Bertz CT molecular complexity index is 411. The highest BCUT2D eigenvalue weighted by Gasteiger charge is 2.21. The summed E-state index contributed by atoms with van der Waals surface area (Å²) in [7, 11) is 2.42. The van der Waals surface area contributed by atoms with Crippen LogP contribution in [0.15, 0.2) is 18.2 Å².